The summed E-state index contributed by atoms with van der Waals surface area (Å²) in [6.07, 6.45) is 1.16. The molecule has 0 bridgehead atoms. The SMILES string of the molecule is CC(C)c1cccc(C(F)(F)C2CCN(C(C)C)CC2)c1. The third-order valence-electron chi connectivity index (χ3n) is 4.71. The Bertz CT molecular complexity index is 460. The molecule has 0 atom stereocenters. The van der Waals surface area contributed by atoms with Gasteiger partial charge < -0.3 is 4.90 Å². The second-order valence-electron chi connectivity index (χ2n) is 6.81. The number of halogens is 2. The van der Waals surface area contributed by atoms with E-state index in [1.165, 1.54) is 0 Å². The first kappa shape index (κ1) is 16.4. The summed E-state index contributed by atoms with van der Waals surface area (Å²) in [6, 6.07) is 7.43. The highest BCUT2D eigenvalue weighted by Crippen LogP contribution is 2.42. The van der Waals surface area contributed by atoms with E-state index < -0.39 is 11.8 Å². The number of hydrogen-bond donors (Lipinski definition) is 0. The van der Waals surface area contributed by atoms with Crippen molar-refractivity contribution in [2.24, 2.45) is 5.92 Å². The molecule has 0 spiro atoms. The van der Waals surface area contributed by atoms with Crippen molar-refractivity contribution in [2.45, 2.75) is 58.4 Å². The Morgan fingerprint density at radius 3 is 2.24 bits per heavy atom. The lowest BCUT2D eigenvalue weighted by Gasteiger charge is -2.38. The van der Waals surface area contributed by atoms with Crippen LogP contribution in [0.1, 0.15) is 57.6 Å². The van der Waals surface area contributed by atoms with Gasteiger partial charge in [0.05, 0.1) is 0 Å². The highest BCUT2D eigenvalue weighted by molar-refractivity contribution is 5.29. The van der Waals surface area contributed by atoms with Crippen molar-refractivity contribution >= 4 is 0 Å². The lowest BCUT2D eigenvalue weighted by atomic mass is 9.85. The standard InChI is InChI=1S/C18H27F2N/c1-13(2)15-6-5-7-17(12-15)18(19,20)16-8-10-21(11-9-16)14(3)4/h5-7,12-14,16H,8-11H2,1-4H3. The van der Waals surface area contributed by atoms with Gasteiger partial charge in [-0.3, -0.25) is 0 Å². The molecular weight excluding hydrogens is 268 g/mol. The minimum absolute atomic E-state index is 0.191. The molecule has 0 aromatic heterocycles. The van der Waals surface area contributed by atoms with Crippen LogP contribution in [0.5, 0.6) is 0 Å². The molecule has 21 heavy (non-hydrogen) atoms. The zero-order valence-electron chi connectivity index (χ0n) is 13.6. The Kier molecular flexibility index (Phi) is 5.03. The van der Waals surface area contributed by atoms with Crippen molar-refractivity contribution < 1.29 is 8.78 Å². The first-order valence-corrected chi connectivity index (χ1v) is 8.04. The molecule has 2 rings (SSSR count). The third kappa shape index (κ3) is 3.63. The number of benzene rings is 1. The number of rotatable bonds is 4. The molecule has 118 valence electrons. The summed E-state index contributed by atoms with van der Waals surface area (Å²) in [5, 5.41) is 0. The number of nitrogens with zero attached hydrogens (tertiary/aromatic N) is 1. The monoisotopic (exact) mass is 295 g/mol. The van der Waals surface area contributed by atoms with Crippen LogP contribution in [0.2, 0.25) is 0 Å². The van der Waals surface area contributed by atoms with Gasteiger partial charge in [-0.15, -0.1) is 0 Å². The zero-order chi connectivity index (χ0) is 15.6. The lowest BCUT2D eigenvalue weighted by Crippen LogP contribution is -2.42. The Morgan fingerprint density at radius 2 is 1.71 bits per heavy atom. The quantitative estimate of drug-likeness (QED) is 0.753. The maximum absolute atomic E-state index is 14.8. The molecule has 1 aliphatic rings. The maximum atomic E-state index is 14.8. The molecular formula is C18H27F2N. The Hall–Kier alpha value is -0.960. The first-order chi connectivity index (χ1) is 9.82. The molecule has 3 heteroatoms. The average Bonchev–Trinajstić information content (AvgIpc) is 2.47. The molecule has 1 aliphatic heterocycles. The van der Waals surface area contributed by atoms with E-state index in [1.807, 2.05) is 19.9 Å². The Morgan fingerprint density at radius 1 is 1.10 bits per heavy atom. The number of piperidine rings is 1. The number of hydrogen-bond acceptors (Lipinski definition) is 1. The summed E-state index contributed by atoms with van der Waals surface area (Å²) in [6.45, 7) is 9.90. The summed E-state index contributed by atoms with van der Waals surface area (Å²) in [4.78, 5) is 2.29. The predicted molar refractivity (Wildman–Crippen MR) is 83.9 cm³/mol. The fourth-order valence-corrected chi connectivity index (χ4v) is 3.12. The van der Waals surface area contributed by atoms with Crippen LogP contribution in [0.3, 0.4) is 0 Å². The van der Waals surface area contributed by atoms with Gasteiger partial charge in [0.25, 0.3) is 5.92 Å². The highest BCUT2D eigenvalue weighted by atomic mass is 19.3. The van der Waals surface area contributed by atoms with E-state index >= 15 is 0 Å². The minimum Gasteiger partial charge on any atom is -0.301 e. The molecule has 1 aromatic carbocycles. The van der Waals surface area contributed by atoms with E-state index in [2.05, 4.69) is 18.7 Å². The molecule has 0 unspecified atom stereocenters. The van der Waals surface area contributed by atoms with Gasteiger partial charge in [0.15, 0.2) is 0 Å². The largest absolute Gasteiger partial charge is 0.301 e. The van der Waals surface area contributed by atoms with Crippen LogP contribution in [0, 0.1) is 5.92 Å². The van der Waals surface area contributed by atoms with E-state index in [4.69, 9.17) is 0 Å². The molecule has 1 saturated heterocycles. The smallest absolute Gasteiger partial charge is 0.276 e. The van der Waals surface area contributed by atoms with Gasteiger partial charge in [-0.25, -0.2) is 8.78 Å². The fourth-order valence-electron chi connectivity index (χ4n) is 3.12. The van der Waals surface area contributed by atoms with Crippen molar-refractivity contribution in [3.8, 4) is 0 Å². The Balaban J connectivity index is 2.13. The van der Waals surface area contributed by atoms with E-state index in [9.17, 15) is 8.78 Å². The molecule has 0 radical (unpaired) electrons. The maximum Gasteiger partial charge on any atom is 0.276 e. The normalized spacial score (nSPS) is 18.7. The summed E-state index contributed by atoms with van der Waals surface area (Å²) < 4.78 is 29.6. The van der Waals surface area contributed by atoms with E-state index in [-0.39, 0.29) is 11.5 Å². The highest BCUT2D eigenvalue weighted by Gasteiger charge is 2.42. The number of alkyl halides is 2. The van der Waals surface area contributed by atoms with Crippen molar-refractivity contribution in [3.63, 3.8) is 0 Å². The van der Waals surface area contributed by atoms with Gasteiger partial charge in [0.2, 0.25) is 0 Å². The van der Waals surface area contributed by atoms with Gasteiger partial charge in [0, 0.05) is 17.5 Å². The van der Waals surface area contributed by atoms with Gasteiger partial charge >= 0.3 is 0 Å². The minimum atomic E-state index is -2.71. The first-order valence-electron chi connectivity index (χ1n) is 8.04. The average molecular weight is 295 g/mol. The number of likely N-dealkylation sites (tertiary alicyclic amines) is 1. The summed E-state index contributed by atoms with van der Waals surface area (Å²) >= 11 is 0. The molecule has 0 N–H and O–H groups in total. The summed E-state index contributed by atoms with van der Waals surface area (Å²) in [5.41, 5.74) is 1.18. The van der Waals surface area contributed by atoms with Crippen LogP contribution in [0.15, 0.2) is 24.3 Å². The summed E-state index contributed by atoms with van der Waals surface area (Å²) in [5.74, 6) is -2.97. The van der Waals surface area contributed by atoms with Crippen LogP contribution < -0.4 is 0 Å². The Labute approximate surface area is 127 Å². The molecule has 0 saturated carbocycles. The van der Waals surface area contributed by atoms with Crippen molar-refractivity contribution in [1.29, 1.82) is 0 Å². The van der Waals surface area contributed by atoms with E-state index in [0.29, 0.717) is 18.9 Å². The van der Waals surface area contributed by atoms with E-state index in [0.717, 1.165) is 18.7 Å². The fraction of sp³-hybridized carbons (Fsp3) is 0.667. The van der Waals surface area contributed by atoms with Gasteiger partial charge in [0.1, 0.15) is 0 Å². The third-order valence-corrected chi connectivity index (χ3v) is 4.71. The van der Waals surface area contributed by atoms with Crippen LogP contribution in [0.4, 0.5) is 8.78 Å². The van der Waals surface area contributed by atoms with Gasteiger partial charge in [-0.1, -0.05) is 32.0 Å². The van der Waals surface area contributed by atoms with Gasteiger partial charge in [-0.2, -0.15) is 0 Å². The van der Waals surface area contributed by atoms with Crippen molar-refractivity contribution in [2.75, 3.05) is 13.1 Å². The van der Waals surface area contributed by atoms with E-state index in [1.54, 1.807) is 18.2 Å². The second-order valence-corrected chi connectivity index (χ2v) is 6.81. The molecule has 1 heterocycles. The van der Waals surface area contributed by atoms with Crippen molar-refractivity contribution in [3.05, 3.63) is 35.4 Å². The van der Waals surface area contributed by atoms with Gasteiger partial charge in [-0.05, 0) is 57.3 Å². The van der Waals surface area contributed by atoms with Crippen LogP contribution in [-0.4, -0.2) is 24.0 Å². The molecule has 1 fully saturated rings. The molecule has 1 aromatic rings. The molecule has 1 nitrogen and oxygen atoms in total. The zero-order valence-corrected chi connectivity index (χ0v) is 13.6. The predicted octanol–water partition coefficient (Wildman–Crippen LogP) is 5.02. The second kappa shape index (κ2) is 6.43. The lowest BCUT2D eigenvalue weighted by molar-refractivity contribution is -0.0876. The molecule has 0 amide bonds. The van der Waals surface area contributed by atoms with Crippen LogP contribution >= 0.6 is 0 Å². The topological polar surface area (TPSA) is 3.24 Å². The summed E-state index contributed by atoms with van der Waals surface area (Å²) in [7, 11) is 0. The molecule has 0 aliphatic carbocycles. The van der Waals surface area contributed by atoms with Crippen LogP contribution in [0.25, 0.3) is 0 Å². The van der Waals surface area contributed by atoms with Crippen molar-refractivity contribution in [1.82, 2.24) is 4.90 Å². The van der Waals surface area contributed by atoms with Crippen LogP contribution in [-0.2, 0) is 5.92 Å².